The molecule has 3 atom stereocenters. The van der Waals surface area contributed by atoms with Crippen LogP contribution in [0, 0.1) is 5.82 Å². The Balaban J connectivity index is 1.41. The average Bonchev–Trinajstić information content (AvgIpc) is 3.52. The summed E-state index contributed by atoms with van der Waals surface area (Å²) in [6.45, 7) is 7.63. The van der Waals surface area contributed by atoms with Crippen LogP contribution >= 0.6 is 11.6 Å². The summed E-state index contributed by atoms with van der Waals surface area (Å²) in [7, 11) is 3.01. The van der Waals surface area contributed by atoms with Gasteiger partial charge in [-0.15, -0.1) is 0 Å². The Bertz CT molecular complexity index is 1430. The number of piperidine rings is 1. The average molecular weight is 576 g/mol. The first-order chi connectivity index (χ1) is 19.1. The Morgan fingerprint density at radius 3 is 2.83 bits per heavy atom. The number of tetrazole rings is 1. The smallest absolute Gasteiger partial charge is 0.368 e. The topological polar surface area (TPSA) is 124 Å². The lowest BCUT2D eigenvalue weighted by Crippen LogP contribution is -2.55. The Kier molecular flexibility index (Phi) is 7.98. The number of aromatic nitrogens is 6. The molecule has 2 aromatic heterocycles. The molecule has 2 aliphatic rings. The molecule has 3 unspecified atom stereocenters. The summed E-state index contributed by atoms with van der Waals surface area (Å²) in [6.07, 6.45) is 5.57. The van der Waals surface area contributed by atoms with E-state index in [1.54, 1.807) is 7.11 Å². The Labute approximate surface area is 236 Å². The van der Waals surface area contributed by atoms with Crippen LogP contribution in [0.3, 0.4) is 0 Å². The number of methoxy groups -OCH3 is 1. The summed E-state index contributed by atoms with van der Waals surface area (Å²) in [5.41, 5.74) is -0.232. The number of aryl methyl sites for hydroxylation is 1. The molecule has 2 fully saturated rings. The van der Waals surface area contributed by atoms with Crippen molar-refractivity contribution in [3.8, 4) is 11.4 Å². The minimum absolute atomic E-state index is 0.0216. The van der Waals surface area contributed by atoms with Crippen LogP contribution in [0.1, 0.15) is 46.5 Å². The molecular weight excluding hydrogens is 541 g/mol. The molecule has 0 radical (unpaired) electrons. The lowest BCUT2D eigenvalue weighted by molar-refractivity contribution is 0.0501. The fourth-order valence-corrected chi connectivity index (χ4v) is 5.77. The van der Waals surface area contributed by atoms with Gasteiger partial charge in [0, 0.05) is 37.8 Å². The zero-order valence-corrected chi connectivity index (χ0v) is 24.1. The molecule has 0 spiro atoms. The highest BCUT2D eigenvalue weighted by molar-refractivity contribution is 6.32. The highest BCUT2D eigenvalue weighted by Gasteiger charge is 2.43. The lowest BCUT2D eigenvalue weighted by Gasteiger charge is -2.47. The van der Waals surface area contributed by atoms with Crippen molar-refractivity contribution in [1.82, 2.24) is 34.7 Å². The van der Waals surface area contributed by atoms with Gasteiger partial charge in [-0.3, -0.25) is 4.90 Å². The standard InChI is InChI=1S/C26H35ClFN9O3/c1-15(39-5)14-40-22-10-19(28)20(11-21(22)37-25(38)35(4)33-34-37)31-24-29-13-18(27)23(32-24)30-16-9-17-7-6-8-36(17)26(2,3)12-16/h10-11,13,15-17H,6-9,12,14H2,1-5H3,(H2,29,30,31,32). The molecule has 4 heterocycles. The van der Waals surface area contributed by atoms with Gasteiger partial charge in [-0.25, -0.2) is 14.2 Å². The van der Waals surface area contributed by atoms with Crippen molar-refractivity contribution in [2.75, 3.05) is 30.9 Å². The molecule has 14 heteroatoms. The molecule has 2 aliphatic heterocycles. The van der Waals surface area contributed by atoms with Gasteiger partial charge in [0.25, 0.3) is 0 Å². The second-order valence-electron chi connectivity index (χ2n) is 11.1. The summed E-state index contributed by atoms with van der Waals surface area (Å²) in [5, 5.41) is 14.4. The predicted molar refractivity (Wildman–Crippen MR) is 149 cm³/mol. The second kappa shape index (κ2) is 11.3. The first-order valence-corrected chi connectivity index (χ1v) is 13.7. The Hall–Kier alpha value is -3.29. The zero-order chi connectivity index (χ0) is 28.6. The predicted octanol–water partition coefficient (Wildman–Crippen LogP) is 3.52. The number of benzene rings is 1. The van der Waals surface area contributed by atoms with Gasteiger partial charge in [0.15, 0.2) is 11.6 Å². The second-order valence-corrected chi connectivity index (χ2v) is 11.5. The molecule has 2 N–H and O–H groups in total. The number of ether oxygens (including phenoxy) is 2. The maximum atomic E-state index is 15.3. The normalized spacial score (nSPS) is 21.2. The fourth-order valence-electron chi connectivity index (χ4n) is 5.62. The van der Waals surface area contributed by atoms with E-state index in [1.165, 1.54) is 38.2 Å². The molecule has 0 saturated carbocycles. The van der Waals surface area contributed by atoms with Gasteiger partial charge >= 0.3 is 5.69 Å². The first-order valence-electron chi connectivity index (χ1n) is 13.4. The maximum absolute atomic E-state index is 15.3. The molecule has 40 heavy (non-hydrogen) atoms. The Morgan fingerprint density at radius 1 is 1.30 bits per heavy atom. The third-order valence-electron chi connectivity index (χ3n) is 7.66. The minimum Gasteiger partial charge on any atom is -0.489 e. The number of anilines is 3. The first kappa shape index (κ1) is 28.2. The van der Waals surface area contributed by atoms with Crippen LogP contribution in [0.5, 0.6) is 5.75 Å². The van der Waals surface area contributed by atoms with E-state index in [4.69, 9.17) is 21.1 Å². The van der Waals surface area contributed by atoms with Gasteiger partial charge in [0.1, 0.15) is 23.1 Å². The van der Waals surface area contributed by atoms with E-state index in [2.05, 4.69) is 49.8 Å². The number of fused-ring (bicyclic) bond motifs is 1. The molecular formula is C26H35ClFN9O3. The number of hydrogen-bond acceptors (Lipinski definition) is 10. The molecule has 2 saturated heterocycles. The third kappa shape index (κ3) is 5.77. The van der Waals surface area contributed by atoms with Crippen LogP contribution in [-0.4, -0.2) is 78.6 Å². The number of hydrogen-bond donors (Lipinski definition) is 2. The molecule has 216 valence electrons. The minimum atomic E-state index is -0.635. The van der Waals surface area contributed by atoms with Gasteiger partial charge < -0.3 is 20.1 Å². The van der Waals surface area contributed by atoms with Crippen LogP contribution in [0.2, 0.25) is 5.02 Å². The summed E-state index contributed by atoms with van der Waals surface area (Å²) in [4.78, 5) is 24.0. The molecule has 0 bridgehead atoms. The van der Waals surface area contributed by atoms with Gasteiger partial charge in [-0.05, 0) is 69.5 Å². The lowest BCUT2D eigenvalue weighted by atomic mass is 9.84. The summed E-state index contributed by atoms with van der Waals surface area (Å²) >= 11 is 6.47. The Morgan fingerprint density at radius 2 is 2.10 bits per heavy atom. The number of rotatable bonds is 9. The highest BCUT2D eigenvalue weighted by atomic mass is 35.5. The van der Waals surface area contributed by atoms with E-state index in [0.29, 0.717) is 16.9 Å². The summed E-state index contributed by atoms with van der Waals surface area (Å²) in [5.74, 6) is 0.0900. The number of halogens is 2. The number of nitrogens with one attached hydrogen (secondary N) is 2. The van der Waals surface area contributed by atoms with Crippen molar-refractivity contribution in [1.29, 1.82) is 0 Å². The zero-order valence-electron chi connectivity index (χ0n) is 23.3. The third-order valence-corrected chi connectivity index (χ3v) is 7.94. The van der Waals surface area contributed by atoms with Crippen molar-refractivity contribution in [2.45, 2.75) is 70.2 Å². The van der Waals surface area contributed by atoms with Crippen molar-refractivity contribution < 1.29 is 13.9 Å². The largest absolute Gasteiger partial charge is 0.489 e. The van der Waals surface area contributed by atoms with E-state index < -0.39 is 11.5 Å². The van der Waals surface area contributed by atoms with Gasteiger partial charge in [-0.1, -0.05) is 11.6 Å². The van der Waals surface area contributed by atoms with Crippen LogP contribution in [0.25, 0.3) is 5.69 Å². The summed E-state index contributed by atoms with van der Waals surface area (Å²) in [6, 6.07) is 3.30. The molecule has 1 aromatic carbocycles. The van der Waals surface area contributed by atoms with E-state index >= 15 is 4.39 Å². The van der Waals surface area contributed by atoms with Crippen molar-refractivity contribution in [3.05, 3.63) is 39.7 Å². The molecule has 12 nitrogen and oxygen atoms in total. The van der Waals surface area contributed by atoms with E-state index in [-0.39, 0.29) is 47.4 Å². The molecule has 0 amide bonds. The quantitative estimate of drug-likeness (QED) is 0.391. The van der Waals surface area contributed by atoms with Gasteiger partial charge in [0.05, 0.1) is 18.0 Å². The SMILES string of the molecule is COC(C)COc1cc(F)c(Nc2ncc(Cl)c(NC3CC4CCCN4C(C)(C)C3)n2)cc1-n1nnn(C)c1=O. The van der Waals surface area contributed by atoms with Crippen LogP contribution < -0.4 is 21.1 Å². The van der Waals surface area contributed by atoms with Crippen molar-refractivity contribution in [3.63, 3.8) is 0 Å². The van der Waals surface area contributed by atoms with Gasteiger partial charge in [0.2, 0.25) is 5.95 Å². The van der Waals surface area contributed by atoms with Crippen molar-refractivity contribution >= 4 is 29.1 Å². The van der Waals surface area contributed by atoms with Crippen molar-refractivity contribution in [2.24, 2.45) is 7.05 Å². The maximum Gasteiger partial charge on any atom is 0.368 e. The monoisotopic (exact) mass is 575 g/mol. The van der Waals surface area contributed by atoms with Crippen LogP contribution in [0.4, 0.5) is 21.8 Å². The highest BCUT2D eigenvalue weighted by Crippen LogP contribution is 2.39. The number of nitrogens with zero attached hydrogens (tertiary/aromatic N) is 7. The van der Waals surface area contributed by atoms with E-state index in [9.17, 15) is 4.79 Å². The fraction of sp³-hybridized carbons (Fsp3) is 0.577. The van der Waals surface area contributed by atoms with Crippen LogP contribution in [-0.2, 0) is 11.8 Å². The van der Waals surface area contributed by atoms with E-state index in [1.807, 2.05) is 6.92 Å². The molecule has 0 aliphatic carbocycles. The summed E-state index contributed by atoms with van der Waals surface area (Å²) < 4.78 is 28.4. The van der Waals surface area contributed by atoms with Crippen LogP contribution in [0.15, 0.2) is 23.1 Å². The van der Waals surface area contributed by atoms with Gasteiger partial charge in [-0.2, -0.15) is 14.3 Å². The molecule has 3 aromatic rings. The molecule has 5 rings (SSSR count). The van der Waals surface area contributed by atoms with E-state index in [0.717, 1.165) is 28.8 Å².